The highest BCUT2D eigenvalue weighted by Crippen LogP contribution is 2.40. The van der Waals surface area contributed by atoms with Crippen LogP contribution in [0.25, 0.3) is 61.0 Å². The van der Waals surface area contributed by atoms with E-state index >= 15 is 0 Å². The highest BCUT2D eigenvalue weighted by Gasteiger charge is 2.23. The third-order valence-corrected chi connectivity index (χ3v) is 11.9. The van der Waals surface area contributed by atoms with Crippen molar-refractivity contribution in [2.24, 2.45) is 15.7 Å². The quantitative estimate of drug-likeness (QED) is 0.123. The highest BCUT2D eigenvalue weighted by atomic mass is 15.1. The molecule has 5 nitrogen and oxygen atoms in total. The van der Waals surface area contributed by atoms with Gasteiger partial charge in [-0.05, 0) is 86.2 Å². The van der Waals surface area contributed by atoms with Crippen molar-refractivity contribution < 1.29 is 0 Å². The molecule has 2 N–H and O–H groups in total. The summed E-state index contributed by atoms with van der Waals surface area (Å²) in [4.78, 5) is 15.7. The molecule has 9 rings (SSSR count). The second-order valence-corrected chi connectivity index (χ2v) is 18.4. The summed E-state index contributed by atoms with van der Waals surface area (Å²) in [5, 5.41) is 2.41. The number of hydrogen-bond donors (Lipinski definition) is 1. The summed E-state index contributed by atoms with van der Waals surface area (Å²) in [6.45, 7) is 14.0. The van der Waals surface area contributed by atoms with Gasteiger partial charge in [0.05, 0.1) is 17.6 Å². The van der Waals surface area contributed by atoms with Gasteiger partial charge in [-0.3, -0.25) is 9.56 Å². The fraction of sp³-hybridized carbons (Fsp3) is 0.155. The average molecular weight is 820 g/mol. The second kappa shape index (κ2) is 16.8. The first-order valence-electron chi connectivity index (χ1n) is 21.8. The number of hydrogen-bond acceptors (Lipinski definition) is 2. The lowest BCUT2D eigenvalue weighted by Gasteiger charge is -2.19. The van der Waals surface area contributed by atoms with Crippen molar-refractivity contribution in [3.8, 4) is 39.2 Å². The van der Waals surface area contributed by atoms with Gasteiger partial charge in [0, 0.05) is 39.2 Å². The van der Waals surface area contributed by atoms with Gasteiger partial charge in [-0.1, -0.05) is 187 Å². The lowest BCUT2D eigenvalue weighted by Crippen LogP contribution is -2.16. The second-order valence-electron chi connectivity index (χ2n) is 18.4. The first-order chi connectivity index (χ1) is 30.4. The predicted molar refractivity (Wildman–Crippen MR) is 266 cm³/mol. The largest absolute Gasteiger partial charge is 0.383 e. The molecule has 2 heterocycles. The molecule has 0 saturated carbocycles. The van der Waals surface area contributed by atoms with Gasteiger partial charge in [0.2, 0.25) is 0 Å². The molecule has 0 saturated heterocycles. The van der Waals surface area contributed by atoms with E-state index in [1.54, 1.807) is 0 Å². The molecular formula is C58H53N5. The number of nitrogens with zero attached hydrogens (tertiary/aromatic N) is 4. The standard InChI is InChI=1S/C58H53N5/c1-57(2,3)46-28-31-52-50(35-46)51-36-47(58(4,5)6)29-32-53(51)63(52)56-45(38-60-55(42-25-17-10-18-26-42)62-54(59)41-23-15-9-16-24-41)33-44(37-61-56)43-27-30-48(39-19-11-7-12-20-39)49(34-43)40-21-13-8-14-22-40/h7-37H,38H2,1-6H3,(H2,59,60,62). The minimum atomic E-state index is -0.0192. The molecule has 0 radical (unpaired) electrons. The Morgan fingerprint density at radius 2 is 1.02 bits per heavy atom. The van der Waals surface area contributed by atoms with Gasteiger partial charge in [-0.2, -0.15) is 0 Å². The van der Waals surface area contributed by atoms with Crippen LogP contribution in [0.3, 0.4) is 0 Å². The molecule has 9 aromatic rings. The van der Waals surface area contributed by atoms with E-state index in [2.05, 4.69) is 167 Å². The Labute approximate surface area is 371 Å². The molecule has 0 aliphatic heterocycles. The van der Waals surface area contributed by atoms with Crippen molar-refractivity contribution in [3.05, 3.63) is 216 Å². The maximum Gasteiger partial charge on any atom is 0.157 e. The van der Waals surface area contributed by atoms with Crippen LogP contribution in [0.15, 0.2) is 198 Å². The van der Waals surface area contributed by atoms with Crippen LogP contribution in [0.4, 0.5) is 0 Å². The van der Waals surface area contributed by atoms with Crippen LogP contribution in [0.5, 0.6) is 0 Å². The Morgan fingerprint density at radius 1 is 0.508 bits per heavy atom. The van der Waals surface area contributed by atoms with Crippen molar-refractivity contribution in [2.75, 3.05) is 0 Å². The molecule has 0 aliphatic rings. The lowest BCUT2D eigenvalue weighted by atomic mass is 9.85. The van der Waals surface area contributed by atoms with Crippen molar-refractivity contribution in [3.63, 3.8) is 0 Å². The van der Waals surface area contributed by atoms with E-state index in [1.165, 1.54) is 33.0 Å². The van der Waals surface area contributed by atoms with Gasteiger partial charge in [0.1, 0.15) is 11.7 Å². The molecule has 2 aromatic heterocycles. The van der Waals surface area contributed by atoms with E-state index in [0.717, 1.165) is 55.8 Å². The van der Waals surface area contributed by atoms with Crippen LogP contribution in [-0.2, 0) is 17.4 Å². The van der Waals surface area contributed by atoms with Crippen LogP contribution in [0.1, 0.15) is 69.4 Å². The van der Waals surface area contributed by atoms with Gasteiger partial charge >= 0.3 is 0 Å². The van der Waals surface area contributed by atoms with Crippen LogP contribution >= 0.6 is 0 Å². The zero-order valence-corrected chi connectivity index (χ0v) is 37.0. The lowest BCUT2D eigenvalue weighted by molar-refractivity contribution is 0.590. The van der Waals surface area contributed by atoms with Gasteiger partial charge in [-0.15, -0.1) is 0 Å². The van der Waals surface area contributed by atoms with Crippen molar-refractivity contribution >= 4 is 33.5 Å². The molecule has 0 aliphatic carbocycles. The summed E-state index contributed by atoms with van der Waals surface area (Å²) >= 11 is 0. The Kier molecular flexibility index (Phi) is 11.0. The summed E-state index contributed by atoms with van der Waals surface area (Å²) in [5.41, 5.74) is 20.8. The SMILES string of the molecule is CC(C)(C)c1ccc2c(c1)c1cc(C(C)(C)C)ccc1n2-c1ncc(-c2ccc(-c3ccccc3)c(-c3ccccc3)c2)cc1C/N=C(\N=C(/N)c1ccccc1)c1ccccc1. The fourth-order valence-corrected chi connectivity index (χ4v) is 8.34. The molecule has 0 fully saturated rings. The number of amidine groups is 2. The molecule has 0 bridgehead atoms. The normalized spacial score (nSPS) is 12.6. The Balaban J connectivity index is 1.28. The summed E-state index contributed by atoms with van der Waals surface area (Å²) < 4.78 is 2.33. The molecule has 0 unspecified atom stereocenters. The van der Waals surface area contributed by atoms with Crippen LogP contribution in [-0.4, -0.2) is 21.2 Å². The first-order valence-corrected chi connectivity index (χ1v) is 21.8. The van der Waals surface area contributed by atoms with E-state index in [9.17, 15) is 0 Å². The molecule has 310 valence electrons. The summed E-state index contributed by atoms with van der Waals surface area (Å²) in [7, 11) is 0. The maximum absolute atomic E-state index is 6.69. The molecule has 0 spiro atoms. The fourth-order valence-electron chi connectivity index (χ4n) is 8.34. The molecule has 0 atom stereocenters. The average Bonchev–Trinajstić information content (AvgIpc) is 3.63. The van der Waals surface area contributed by atoms with Gasteiger partial charge in [0.15, 0.2) is 5.84 Å². The summed E-state index contributed by atoms with van der Waals surface area (Å²) in [6, 6.07) is 64.0. The minimum Gasteiger partial charge on any atom is -0.383 e. The Morgan fingerprint density at radius 3 is 1.56 bits per heavy atom. The predicted octanol–water partition coefficient (Wildman–Crippen LogP) is 14.1. The van der Waals surface area contributed by atoms with Gasteiger partial charge in [0.25, 0.3) is 0 Å². The van der Waals surface area contributed by atoms with Crippen LogP contribution in [0.2, 0.25) is 0 Å². The van der Waals surface area contributed by atoms with E-state index in [0.29, 0.717) is 18.2 Å². The Hall–Kier alpha value is -7.37. The minimum absolute atomic E-state index is 0.0192. The van der Waals surface area contributed by atoms with E-state index < -0.39 is 0 Å². The number of rotatable bonds is 8. The van der Waals surface area contributed by atoms with Crippen LogP contribution in [0, 0.1) is 0 Å². The molecule has 0 amide bonds. The van der Waals surface area contributed by atoms with Crippen molar-refractivity contribution in [1.29, 1.82) is 0 Å². The van der Waals surface area contributed by atoms with E-state index in [4.69, 9.17) is 20.7 Å². The van der Waals surface area contributed by atoms with Gasteiger partial charge < -0.3 is 5.73 Å². The zero-order valence-electron chi connectivity index (χ0n) is 37.0. The highest BCUT2D eigenvalue weighted by molar-refractivity contribution is 6.11. The Bertz CT molecular complexity index is 3060. The van der Waals surface area contributed by atoms with Gasteiger partial charge in [-0.25, -0.2) is 9.98 Å². The van der Waals surface area contributed by atoms with E-state index in [-0.39, 0.29) is 10.8 Å². The topological polar surface area (TPSA) is 68.6 Å². The monoisotopic (exact) mass is 819 g/mol. The van der Waals surface area contributed by atoms with Crippen molar-refractivity contribution in [1.82, 2.24) is 9.55 Å². The zero-order chi connectivity index (χ0) is 43.7. The number of nitrogens with two attached hydrogens (primary N) is 1. The molecule has 7 aromatic carbocycles. The molecular weight excluding hydrogens is 767 g/mol. The molecule has 5 heteroatoms. The summed E-state index contributed by atoms with van der Waals surface area (Å²) in [6.07, 6.45) is 2.02. The van der Waals surface area contributed by atoms with Crippen molar-refractivity contribution in [2.45, 2.75) is 58.9 Å². The maximum atomic E-state index is 6.69. The van der Waals surface area contributed by atoms with Crippen LogP contribution < -0.4 is 5.73 Å². The summed E-state index contributed by atoms with van der Waals surface area (Å²) in [5.74, 6) is 1.79. The number of aromatic nitrogens is 2. The number of pyridine rings is 1. The number of aliphatic imine (C=N–C) groups is 2. The number of benzene rings is 7. The third kappa shape index (κ3) is 8.47. The smallest absolute Gasteiger partial charge is 0.157 e. The third-order valence-electron chi connectivity index (χ3n) is 11.9. The van der Waals surface area contributed by atoms with E-state index in [1.807, 2.05) is 66.9 Å². The molecule has 63 heavy (non-hydrogen) atoms. The first kappa shape index (κ1) is 41.0. The number of fused-ring (bicyclic) bond motifs is 3.